The van der Waals surface area contributed by atoms with Crippen molar-refractivity contribution in [3.05, 3.63) is 70.3 Å². The van der Waals surface area contributed by atoms with E-state index in [0.29, 0.717) is 24.4 Å². The number of likely N-dealkylation sites (N-methyl/N-ethyl adjacent to an activating group) is 1. The first kappa shape index (κ1) is 23.5. The first-order valence-corrected chi connectivity index (χ1v) is 11.0. The Hall–Kier alpha value is -3.12. The topological polar surface area (TPSA) is 70.1 Å². The van der Waals surface area contributed by atoms with Crippen LogP contribution in [0.25, 0.3) is 5.76 Å². The van der Waals surface area contributed by atoms with E-state index in [1.165, 1.54) is 0 Å². The van der Waals surface area contributed by atoms with E-state index < -0.39 is 17.7 Å². The average molecular weight is 437 g/mol. The summed E-state index contributed by atoms with van der Waals surface area (Å²) >= 11 is 0. The van der Waals surface area contributed by atoms with Gasteiger partial charge in [0.1, 0.15) is 11.5 Å². The van der Waals surface area contributed by atoms with Crippen LogP contribution in [0.2, 0.25) is 0 Å². The number of aliphatic hydroxyl groups is 1. The van der Waals surface area contributed by atoms with Crippen molar-refractivity contribution in [3.8, 4) is 5.75 Å². The molecular weight excluding hydrogens is 404 g/mol. The predicted molar refractivity (Wildman–Crippen MR) is 126 cm³/mol. The van der Waals surface area contributed by atoms with Gasteiger partial charge in [-0.3, -0.25) is 9.59 Å². The lowest BCUT2D eigenvalue weighted by molar-refractivity contribution is -0.140. The molecule has 1 heterocycles. The Morgan fingerprint density at radius 1 is 1.09 bits per heavy atom. The van der Waals surface area contributed by atoms with E-state index in [0.717, 1.165) is 29.8 Å². The van der Waals surface area contributed by atoms with Gasteiger partial charge in [-0.2, -0.15) is 0 Å². The van der Waals surface area contributed by atoms with Crippen molar-refractivity contribution in [2.75, 3.05) is 33.3 Å². The van der Waals surface area contributed by atoms with Crippen molar-refractivity contribution < 1.29 is 19.4 Å². The monoisotopic (exact) mass is 436 g/mol. The van der Waals surface area contributed by atoms with Crippen LogP contribution in [0, 0.1) is 13.8 Å². The van der Waals surface area contributed by atoms with Gasteiger partial charge >= 0.3 is 0 Å². The Labute approximate surface area is 190 Å². The van der Waals surface area contributed by atoms with Gasteiger partial charge in [-0.05, 0) is 56.3 Å². The summed E-state index contributed by atoms with van der Waals surface area (Å²) in [6, 6.07) is 12.3. The van der Waals surface area contributed by atoms with Gasteiger partial charge in [0.25, 0.3) is 11.7 Å². The molecule has 1 fully saturated rings. The van der Waals surface area contributed by atoms with E-state index in [-0.39, 0.29) is 11.3 Å². The van der Waals surface area contributed by atoms with Gasteiger partial charge in [0.15, 0.2) is 0 Å². The highest BCUT2D eigenvalue weighted by Crippen LogP contribution is 2.40. The van der Waals surface area contributed by atoms with Crippen molar-refractivity contribution in [2.45, 2.75) is 33.7 Å². The van der Waals surface area contributed by atoms with Crippen LogP contribution >= 0.6 is 0 Å². The zero-order valence-corrected chi connectivity index (χ0v) is 19.5. The standard InChI is InChI=1S/C26H32N2O4/c1-6-27(7-2)13-14-28-23(19-9-8-10-20(16-19)32-5)22(25(30)26(28)31)24(29)21-15-17(3)11-12-18(21)4/h8-12,15-16,23,29H,6-7,13-14H2,1-5H3/b24-22+. The SMILES string of the molecule is CCN(CC)CCN1C(=O)C(=O)/C(=C(/O)c2cc(C)ccc2C)C1c1cccc(OC)c1. The number of ether oxygens (including phenoxy) is 1. The van der Waals surface area contributed by atoms with Gasteiger partial charge in [0, 0.05) is 18.7 Å². The Morgan fingerprint density at radius 3 is 2.47 bits per heavy atom. The molecule has 1 atom stereocenters. The quantitative estimate of drug-likeness (QED) is 0.384. The van der Waals surface area contributed by atoms with Gasteiger partial charge in [-0.1, -0.05) is 43.7 Å². The maximum atomic E-state index is 13.2. The minimum absolute atomic E-state index is 0.122. The molecule has 0 aliphatic carbocycles. The number of hydrogen-bond acceptors (Lipinski definition) is 5. The first-order chi connectivity index (χ1) is 15.3. The molecule has 0 saturated carbocycles. The smallest absolute Gasteiger partial charge is 0.295 e. The molecule has 0 radical (unpaired) electrons. The Morgan fingerprint density at radius 2 is 1.81 bits per heavy atom. The molecule has 1 saturated heterocycles. The van der Waals surface area contributed by atoms with Gasteiger partial charge in [0.05, 0.1) is 18.7 Å². The van der Waals surface area contributed by atoms with Crippen LogP contribution in [-0.2, 0) is 9.59 Å². The van der Waals surface area contributed by atoms with Gasteiger partial charge in [0.2, 0.25) is 0 Å². The maximum absolute atomic E-state index is 13.2. The summed E-state index contributed by atoms with van der Waals surface area (Å²) in [7, 11) is 1.58. The van der Waals surface area contributed by atoms with Crippen molar-refractivity contribution in [1.82, 2.24) is 9.80 Å². The largest absolute Gasteiger partial charge is 0.507 e. The van der Waals surface area contributed by atoms with Crippen LogP contribution in [0.4, 0.5) is 0 Å². The molecule has 0 bridgehead atoms. The zero-order chi connectivity index (χ0) is 23.4. The van der Waals surface area contributed by atoms with Crippen LogP contribution in [-0.4, -0.2) is 59.9 Å². The number of hydrogen-bond donors (Lipinski definition) is 1. The minimum Gasteiger partial charge on any atom is -0.507 e. The summed E-state index contributed by atoms with van der Waals surface area (Å²) < 4.78 is 5.38. The fourth-order valence-corrected chi connectivity index (χ4v) is 4.19. The molecule has 32 heavy (non-hydrogen) atoms. The Kier molecular flexibility index (Phi) is 7.36. The molecule has 1 N–H and O–H groups in total. The molecule has 2 aromatic rings. The molecule has 0 spiro atoms. The highest BCUT2D eigenvalue weighted by atomic mass is 16.5. The molecule has 6 nitrogen and oxygen atoms in total. The molecule has 0 aromatic heterocycles. The summed E-state index contributed by atoms with van der Waals surface area (Å²) in [5.74, 6) is -0.751. The third kappa shape index (κ3) is 4.55. The maximum Gasteiger partial charge on any atom is 0.295 e. The van der Waals surface area contributed by atoms with Crippen molar-refractivity contribution in [2.24, 2.45) is 0 Å². The number of nitrogens with zero attached hydrogens (tertiary/aromatic N) is 2. The van der Waals surface area contributed by atoms with Crippen LogP contribution in [0.15, 0.2) is 48.0 Å². The molecule has 1 aliphatic heterocycles. The average Bonchev–Trinajstić information content (AvgIpc) is 3.05. The molecule has 3 rings (SSSR count). The second-order valence-electron chi connectivity index (χ2n) is 8.11. The van der Waals surface area contributed by atoms with Gasteiger partial charge in [-0.15, -0.1) is 0 Å². The van der Waals surface area contributed by atoms with Gasteiger partial charge < -0.3 is 19.6 Å². The lowest BCUT2D eigenvalue weighted by Crippen LogP contribution is -2.38. The van der Waals surface area contributed by atoms with Gasteiger partial charge in [-0.25, -0.2) is 0 Å². The van der Waals surface area contributed by atoms with Crippen LogP contribution in [0.1, 0.15) is 42.1 Å². The Balaban J connectivity index is 2.16. The zero-order valence-electron chi connectivity index (χ0n) is 19.5. The van der Waals surface area contributed by atoms with E-state index in [1.54, 1.807) is 12.0 Å². The Bertz CT molecular complexity index is 1040. The number of ketones is 1. The number of aliphatic hydroxyl groups excluding tert-OH is 1. The fourth-order valence-electron chi connectivity index (χ4n) is 4.19. The van der Waals surface area contributed by atoms with E-state index in [9.17, 15) is 14.7 Å². The number of carbonyl (C=O) groups is 2. The van der Waals surface area contributed by atoms with E-state index in [1.807, 2.05) is 56.3 Å². The predicted octanol–water partition coefficient (Wildman–Crippen LogP) is 4.08. The third-order valence-corrected chi connectivity index (χ3v) is 6.15. The molecule has 2 aromatic carbocycles. The second-order valence-corrected chi connectivity index (χ2v) is 8.11. The summed E-state index contributed by atoms with van der Waals surface area (Å²) in [5, 5.41) is 11.3. The lowest BCUT2D eigenvalue weighted by Gasteiger charge is -2.28. The van der Waals surface area contributed by atoms with Crippen LogP contribution in [0.5, 0.6) is 5.75 Å². The molecule has 1 unspecified atom stereocenters. The van der Waals surface area contributed by atoms with Crippen molar-refractivity contribution in [1.29, 1.82) is 0 Å². The van der Waals surface area contributed by atoms with Crippen molar-refractivity contribution >= 4 is 17.4 Å². The highest BCUT2D eigenvalue weighted by molar-refractivity contribution is 6.46. The van der Waals surface area contributed by atoms with E-state index in [4.69, 9.17) is 4.74 Å². The first-order valence-electron chi connectivity index (χ1n) is 11.0. The number of benzene rings is 2. The number of amides is 1. The summed E-state index contributed by atoms with van der Waals surface area (Å²) in [5.41, 5.74) is 3.23. The van der Waals surface area contributed by atoms with Crippen molar-refractivity contribution in [3.63, 3.8) is 0 Å². The number of Topliss-reactive ketones (excluding diaryl/α,β-unsaturated/α-hetero) is 1. The minimum atomic E-state index is -0.680. The highest BCUT2D eigenvalue weighted by Gasteiger charge is 2.46. The van der Waals surface area contributed by atoms with Crippen LogP contribution < -0.4 is 4.74 Å². The number of rotatable bonds is 8. The number of carbonyl (C=O) groups excluding carboxylic acids is 2. The van der Waals surface area contributed by atoms with Crippen LogP contribution in [0.3, 0.4) is 0 Å². The number of aryl methyl sites for hydroxylation is 2. The normalized spacial score (nSPS) is 17.9. The summed E-state index contributed by atoms with van der Waals surface area (Å²) in [6.07, 6.45) is 0. The fraction of sp³-hybridized carbons (Fsp3) is 0.385. The molecule has 170 valence electrons. The molecule has 1 aliphatic rings. The lowest BCUT2D eigenvalue weighted by atomic mass is 9.93. The second kappa shape index (κ2) is 10.0. The molecule has 1 amide bonds. The number of likely N-dealkylation sites (tertiary alicyclic amines) is 1. The summed E-state index contributed by atoms with van der Waals surface area (Å²) in [4.78, 5) is 30.1. The summed E-state index contributed by atoms with van der Waals surface area (Å²) in [6.45, 7) is 10.7. The third-order valence-electron chi connectivity index (χ3n) is 6.15. The molecule has 6 heteroatoms. The van der Waals surface area contributed by atoms with E-state index in [2.05, 4.69) is 18.7 Å². The van der Waals surface area contributed by atoms with E-state index >= 15 is 0 Å². The number of methoxy groups -OCH3 is 1. The molecular formula is C26H32N2O4.